The smallest absolute Gasteiger partial charge is 0.141 e. The van der Waals surface area contributed by atoms with Gasteiger partial charge in [-0.25, -0.2) is 0 Å². The first-order valence-corrected chi connectivity index (χ1v) is 5.62. The number of likely N-dealkylation sites (tertiary alicyclic amines) is 1. The van der Waals surface area contributed by atoms with E-state index in [1.165, 1.54) is 32.1 Å². The summed E-state index contributed by atoms with van der Waals surface area (Å²) in [4.78, 5) is 14.3. The molecular formula is C11H17NO. The van der Waals surface area contributed by atoms with Crippen molar-refractivity contribution in [1.29, 1.82) is 0 Å². The molecule has 1 saturated heterocycles. The van der Waals surface area contributed by atoms with Crippen molar-refractivity contribution in [2.75, 3.05) is 13.1 Å². The molecule has 2 saturated carbocycles. The van der Waals surface area contributed by atoms with E-state index >= 15 is 0 Å². The van der Waals surface area contributed by atoms with Gasteiger partial charge in [0.05, 0.1) is 0 Å². The summed E-state index contributed by atoms with van der Waals surface area (Å²) in [6.07, 6.45) is 6.39. The first kappa shape index (κ1) is 7.98. The molecule has 2 atom stereocenters. The summed E-state index contributed by atoms with van der Waals surface area (Å²) in [5, 5.41) is 0. The molecule has 0 aromatic carbocycles. The number of fused-ring (bicyclic) bond motifs is 2. The number of hydrogen-bond donors (Lipinski definition) is 0. The Balaban J connectivity index is 1.75. The van der Waals surface area contributed by atoms with Crippen molar-refractivity contribution in [3.8, 4) is 0 Å². The second kappa shape index (κ2) is 2.81. The number of nitrogens with zero attached hydrogens (tertiary/aromatic N) is 1. The van der Waals surface area contributed by atoms with Gasteiger partial charge in [0.1, 0.15) is 5.78 Å². The minimum absolute atomic E-state index is 0.410. The number of rotatable bonds is 1. The summed E-state index contributed by atoms with van der Waals surface area (Å²) in [6.45, 7) is 2.17. The molecule has 2 bridgehead atoms. The average Bonchev–Trinajstić information content (AvgIpc) is 2.85. The minimum atomic E-state index is 0.410. The first-order valence-electron chi connectivity index (χ1n) is 5.62. The number of ketones is 1. The fourth-order valence-electron chi connectivity index (χ4n) is 2.97. The van der Waals surface area contributed by atoms with Crippen LogP contribution in [0.25, 0.3) is 0 Å². The molecule has 0 radical (unpaired) electrons. The highest BCUT2D eigenvalue weighted by atomic mass is 16.1. The van der Waals surface area contributed by atoms with Crippen molar-refractivity contribution < 1.29 is 4.79 Å². The summed E-state index contributed by atoms with van der Waals surface area (Å²) in [7, 11) is 0. The van der Waals surface area contributed by atoms with Gasteiger partial charge in [0.15, 0.2) is 0 Å². The van der Waals surface area contributed by atoms with Gasteiger partial charge in [0.2, 0.25) is 0 Å². The van der Waals surface area contributed by atoms with E-state index in [0.717, 1.165) is 19.1 Å². The van der Waals surface area contributed by atoms with Gasteiger partial charge in [-0.05, 0) is 25.7 Å². The van der Waals surface area contributed by atoms with Gasteiger partial charge in [-0.15, -0.1) is 0 Å². The van der Waals surface area contributed by atoms with E-state index in [1.807, 2.05) is 0 Å². The molecule has 1 heterocycles. The largest absolute Gasteiger partial charge is 0.299 e. The van der Waals surface area contributed by atoms with Crippen molar-refractivity contribution in [3.05, 3.63) is 0 Å². The van der Waals surface area contributed by atoms with Crippen LogP contribution in [0.4, 0.5) is 0 Å². The van der Waals surface area contributed by atoms with Gasteiger partial charge in [-0.3, -0.25) is 9.69 Å². The van der Waals surface area contributed by atoms with Gasteiger partial charge < -0.3 is 0 Å². The summed E-state index contributed by atoms with van der Waals surface area (Å²) in [5.41, 5.74) is 0. The molecule has 0 aromatic heterocycles. The van der Waals surface area contributed by atoms with Crippen LogP contribution >= 0.6 is 0 Å². The van der Waals surface area contributed by atoms with Gasteiger partial charge in [-0.1, -0.05) is 6.42 Å². The predicted octanol–water partition coefficient (Wildman–Crippen LogP) is 1.45. The van der Waals surface area contributed by atoms with Crippen LogP contribution in [0.5, 0.6) is 0 Å². The maximum Gasteiger partial charge on any atom is 0.141 e. The zero-order chi connectivity index (χ0) is 8.84. The number of piperidine rings is 1. The van der Waals surface area contributed by atoms with E-state index in [4.69, 9.17) is 0 Å². The van der Waals surface area contributed by atoms with Crippen LogP contribution in [-0.2, 0) is 4.79 Å². The van der Waals surface area contributed by atoms with Crippen molar-refractivity contribution >= 4 is 5.78 Å². The van der Waals surface area contributed by atoms with E-state index < -0.39 is 0 Å². The monoisotopic (exact) mass is 179 g/mol. The molecule has 0 aromatic rings. The third-order valence-corrected chi connectivity index (χ3v) is 3.88. The molecule has 72 valence electrons. The Kier molecular flexibility index (Phi) is 1.72. The highest BCUT2D eigenvalue weighted by molar-refractivity contribution is 5.85. The topological polar surface area (TPSA) is 20.3 Å². The molecule has 13 heavy (non-hydrogen) atoms. The summed E-state index contributed by atoms with van der Waals surface area (Å²) >= 11 is 0. The van der Waals surface area contributed by atoms with E-state index in [9.17, 15) is 4.79 Å². The third kappa shape index (κ3) is 1.32. The van der Waals surface area contributed by atoms with Gasteiger partial charge in [-0.2, -0.15) is 0 Å². The Morgan fingerprint density at radius 3 is 2.15 bits per heavy atom. The predicted molar refractivity (Wildman–Crippen MR) is 50.4 cm³/mol. The molecule has 2 aliphatic carbocycles. The van der Waals surface area contributed by atoms with E-state index in [1.54, 1.807) is 0 Å². The van der Waals surface area contributed by atoms with Gasteiger partial charge >= 0.3 is 0 Å². The van der Waals surface area contributed by atoms with E-state index in [2.05, 4.69) is 4.90 Å². The van der Waals surface area contributed by atoms with Crippen LogP contribution in [0.1, 0.15) is 32.1 Å². The van der Waals surface area contributed by atoms with Gasteiger partial charge in [0, 0.05) is 31.0 Å². The standard InChI is InChI=1S/C11H17NO/c13-11-8-2-1-3-9(11)7-12(6-8)10-4-5-10/h8-10H,1-7H2/t8-,9-/m1/s1. The van der Waals surface area contributed by atoms with Crippen LogP contribution < -0.4 is 0 Å². The second-order valence-corrected chi connectivity index (χ2v) is 4.91. The molecule has 0 N–H and O–H groups in total. The summed E-state index contributed by atoms with van der Waals surface area (Å²) < 4.78 is 0. The molecule has 2 heteroatoms. The van der Waals surface area contributed by atoms with Gasteiger partial charge in [0.25, 0.3) is 0 Å². The van der Waals surface area contributed by atoms with Crippen LogP contribution in [0.15, 0.2) is 0 Å². The van der Waals surface area contributed by atoms with E-state index in [-0.39, 0.29) is 0 Å². The number of carbonyl (C=O) groups is 1. The minimum Gasteiger partial charge on any atom is -0.299 e. The molecule has 3 rings (SSSR count). The number of hydrogen-bond acceptors (Lipinski definition) is 2. The Hall–Kier alpha value is -0.370. The van der Waals surface area contributed by atoms with Crippen LogP contribution in [0.3, 0.4) is 0 Å². The molecule has 3 fully saturated rings. The quantitative estimate of drug-likeness (QED) is 0.607. The van der Waals surface area contributed by atoms with Crippen molar-refractivity contribution in [2.24, 2.45) is 11.8 Å². The fraction of sp³-hybridized carbons (Fsp3) is 0.909. The lowest BCUT2D eigenvalue weighted by Gasteiger charge is -2.40. The molecule has 0 amide bonds. The van der Waals surface area contributed by atoms with Crippen molar-refractivity contribution in [2.45, 2.75) is 38.1 Å². The third-order valence-electron chi connectivity index (χ3n) is 3.88. The molecule has 0 spiro atoms. The van der Waals surface area contributed by atoms with Crippen LogP contribution in [0, 0.1) is 11.8 Å². The van der Waals surface area contributed by atoms with Crippen LogP contribution in [0.2, 0.25) is 0 Å². The molecule has 0 unspecified atom stereocenters. The summed E-state index contributed by atoms with van der Waals surface area (Å²) in [5.74, 6) is 1.41. The SMILES string of the molecule is O=C1[C@@H]2CCC[C@@H]1CN(C1CC1)C2. The average molecular weight is 179 g/mol. The maximum absolute atomic E-state index is 11.8. The lowest BCUT2D eigenvalue weighted by atomic mass is 9.76. The lowest BCUT2D eigenvalue weighted by molar-refractivity contribution is -0.134. The molecule has 2 nitrogen and oxygen atoms in total. The fourth-order valence-corrected chi connectivity index (χ4v) is 2.97. The second-order valence-electron chi connectivity index (χ2n) is 4.91. The highest BCUT2D eigenvalue weighted by Crippen LogP contribution is 2.37. The normalized spacial score (nSPS) is 40.8. The Morgan fingerprint density at radius 1 is 1.00 bits per heavy atom. The zero-order valence-corrected chi connectivity index (χ0v) is 8.04. The van der Waals surface area contributed by atoms with Crippen molar-refractivity contribution in [3.63, 3.8) is 0 Å². The zero-order valence-electron chi connectivity index (χ0n) is 8.04. The lowest BCUT2D eigenvalue weighted by Crippen LogP contribution is -2.49. The Labute approximate surface area is 79.3 Å². The number of carbonyl (C=O) groups excluding carboxylic acids is 1. The first-order chi connectivity index (χ1) is 6.34. The molecular weight excluding hydrogens is 162 g/mol. The van der Waals surface area contributed by atoms with E-state index in [0.29, 0.717) is 17.6 Å². The molecule has 1 aliphatic heterocycles. The van der Waals surface area contributed by atoms with Crippen LogP contribution in [-0.4, -0.2) is 29.8 Å². The maximum atomic E-state index is 11.8. The number of Topliss-reactive ketones (excluding diaryl/α,β-unsaturated/α-hetero) is 1. The molecule has 3 aliphatic rings. The highest BCUT2D eigenvalue weighted by Gasteiger charge is 2.42. The Morgan fingerprint density at radius 2 is 1.62 bits per heavy atom. The Bertz CT molecular complexity index is 218. The summed E-state index contributed by atoms with van der Waals surface area (Å²) in [6, 6.07) is 0.858. The van der Waals surface area contributed by atoms with Crippen molar-refractivity contribution in [1.82, 2.24) is 4.90 Å².